The minimum atomic E-state index is -0.0958. The Hall–Kier alpha value is -7.64. The van der Waals surface area contributed by atoms with Crippen molar-refractivity contribution in [1.29, 1.82) is 0 Å². The molecule has 8 heteroatoms. The fraction of sp³-hybridized carbons (Fsp3) is 0.100. The molecule has 0 saturated heterocycles. The third-order valence-corrected chi connectivity index (χ3v) is 13.1. The van der Waals surface area contributed by atoms with Crippen molar-refractivity contribution in [2.75, 3.05) is 0 Å². The SMILES string of the molecule is O.Oc1c(C=N[C@@H]2CCCC[C@H]2N=Cc2cc3ccccc3c(-c3c(-c4ccccc4)ccc4ccccc34)c2O)cc2ccccc2c1-c1c(-c2ccccc2)ccc2ccccc12.[N]=O.[Ru]. The van der Waals surface area contributed by atoms with E-state index in [0.29, 0.717) is 11.1 Å². The second-order valence-electron chi connectivity index (χ2n) is 16.9. The normalized spacial score (nSPS) is 14.7. The Morgan fingerprint density at radius 1 is 0.412 bits per heavy atom. The molecule has 11 rings (SSSR count). The summed E-state index contributed by atoms with van der Waals surface area (Å²) in [6.45, 7) is 0. The monoisotopic (exact) mass is 976 g/mol. The van der Waals surface area contributed by atoms with E-state index in [4.69, 9.17) is 20.5 Å². The van der Waals surface area contributed by atoms with E-state index in [2.05, 4.69) is 158 Å². The Kier molecular flexibility index (Phi) is 14.4. The predicted octanol–water partition coefficient (Wildman–Crippen LogP) is 14.0. The molecule has 0 aromatic heterocycles. The van der Waals surface area contributed by atoms with E-state index in [1.54, 1.807) is 0 Å². The van der Waals surface area contributed by atoms with Gasteiger partial charge in [-0.25, -0.2) is 0 Å². The zero-order valence-corrected chi connectivity index (χ0v) is 38.8. The van der Waals surface area contributed by atoms with Gasteiger partial charge in [0.25, 0.3) is 0 Å². The van der Waals surface area contributed by atoms with Gasteiger partial charge in [-0.2, -0.15) is 0 Å². The maximum Gasteiger partial charge on any atom is 0.132 e. The van der Waals surface area contributed by atoms with Crippen LogP contribution in [0.25, 0.3) is 87.6 Å². The fourth-order valence-electron chi connectivity index (χ4n) is 10.0. The van der Waals surface area contributed by atoms with Crippen molar-refractivity contribution in [3.63, 3.8) is 0 Å². The Balaban J connectivity index is 0.00000154. The molecule has 0 spiro atoms. The number of nitrogens with zero attached hydrogens (tertiary/aromatic N) is 3. The van der Waals surface area contributed by atoms with Crippen molar-refractivity contribution in [2.24, 2.45) is 9.98 Å². The van der Waals surface area contributed by atoms with Gasteiger partial charge in [0, 0.05) is 65.3 Å². The van der Waals surface area contributed by atoms with Gasteiger partial charge in [-0.05, 0) is 90.3 Å². The first-order valence-electron chi connectivity index (χ1n) is 22.5. The molecule has 10 aromatic rings. The van der Waals surface area contributed by atoms with Crippen molar-refractivity contribution < 1.29 is 35.2 Å². The molecular formula is C60H48N3O4Ru. The molecule has 0 aliphatic heterocycles. The number of aromatic hydroxyl groups is 2. The van der Waals surface area contributed by atoms with Crippen LogP contribution in [0.1, 0.15) is 36.8 Å². The molecule has 0 heterocycles. The van der Waals surface area contributed by atoms with Crippen LogP contribution in [-0.4, -0.2) is 40.2 Å². The number of aliphatic imine (C=N–C) groups is 2. The van der Waals surface area contributed by atoms with Gasteiger partial charge in [0.1, 0.15) is 17.1 Å². The zero-order chi connectivity index (χ0) is 45.0. The summed E-state index contributed by atoms with van der Waals surface area (Å²) in [6.07, 6.45) is 7.60. The topological polar surface area (TPSA) is 136 Å². The Labute approximate surface area is 408 Å². The number of fused-ring (bicyclic) bond motifs is 4. The van der Waals surface area contributed by atoms with Crippen LogP contribution < -0.4 is 5.59 Å². The van der Waals surface area contributed by atoms with Crippen LogP contribution in [0.2, 0.25) is 0 Å². The van der Waals surface area contributed by atoms with Gasteiger partial charge in [0.15, 0.2) is 0 Å². The van der Waals surface area contributed by atoms with Gasteiger partial charge in [-0.3, -0.25) is 9.98 Å². The summed E-state index contributed by atoms with van der Waals surface area (Å²) < 4.78 is 0. The Morgan fingerprint density at radius 3 is 1.12 bits per heavy atom. The summed E-state index contributed by atoms with van der Waals surface area (Å²) in [6, 6.07) is 66.9. The third kappa shape index (κ3) is 8.84. The van der Waals surface area contributed by atoms with Crippen molar-refractivity contribution in [3.05, 3.63) is 210 Å². The standard InChI is InChI=1S/C60H46N2O2.NO.H2O.Ru/c63-59-45(35-43-23-9-13-27-49(43)57(59)55-47-25-11-7-21-41(47)31-33-51(55)39-17-3-1-4-18-39)37-61-53-29-15-16-30-54(53)62-38-46-36-44-24-10-14-28-50(44)58(60(46)64)56-48-26-12-8-22-42(48)32-34-52(56)40-19-5-2-6-20-40;1-2;;/h1-14,17-28,31-38,53-54,63-64H,15-16,29-30H2;;1H2;/t53-,54-;;;/m1.../s1. The van der Waals surface area contributed by atoms with Crippen LogP contribution in [0, 0.1) is 4.91 Å². The number of hydrogen-bond donors (Lipinski definition) is 2. The van der Waals surface area contributed by atoms with Crippen LogP contribution in [0.5, 0.6) is 11.5 Å². The smallest absolute Gasteiger partial charge is 0.132 e. The summed E-state index contributed by atoms with van der Waals surface area (Å²) in [5.41, 5.74) is 15.0. The summed E-state index contributed by atoms with van der Waals surface area (Å²) >= 11 is 0. The van der Waals surface area contributed by atoms with Crippen LogP contribution in [0.3, 0.4) is 0 Å². The molecule has 1 radical (unpaired) electrons. The van der Waals surface area contributed by atoms with Gasteiger partial charge < -0.3 is 15.7 Å². The minimum absolute atomic E-state index is 0. The van der Waals surface area contributed by atoms with E-state index in [0.717, 1.165) is 113 Å². The maximum absolute atomic E-state index is 12.5. The largest absolute Gasteiger partial charge is 0.507 e. The quantitative estimate of drug-likeness (QED) is 0.116. The zero-order valence-electron chi connectivity index (χ0n) is 37.1. The van der Waals surface area contributed by atoms with Gasteiger partial charge in [0.2, 0.25) is 0 Å². The second kappa shape index (κ2) is 20.9. The first-order chi connectivity index (χ1) is 32.6. The minimum Gasteiger partial charge on any atom is -0.507 e. The molecule has 1 saturated carbocycles. The molecule has 1 aliphatic rings. The number of phenolic OH excluding ortho intramolecular Hbond substituents is 2. The molecule has 1 aliphatic carbocycles. The first-order valence-corrected chi connectivity index (χ1v) is 22.5. The number of hydrogen-bond acceptors (Lipinski definition) is 5. The van der Waals surface area contributed by atoms with Crippen LogP contribution in [0.15, 0.2) is 204 Å². The molecule has 10 aromatic carbocycles. The second-order valence-corrected chi connectivity index (χ2v) is 16.9. The van der Waals surface area contributed by atoms with Crippen LogP contribution >= 0.6 is 0 Å². The average Bonchev–Trinajstić information content (AvgIpc) is 3.38. The average molecular weight is 976 g/mol. The first kappa shape index (κ1) is 46.9. The molecule has 0 bridgehead atoms. The van der Waals surface area contributed by atoms with E-state index < -0.39 is 0 Å². The Bertz CT molecular complexity index is 3240. The molecule has 2 atom stereocenters. The van der Waals surface area contributed by atoms with E-state index in [1.165, 1.54) is 0 Å². The van der Waals surface area contributed by atoms with Crippen molar-refractivity contribution >= 4 is 55.5 Å². The molecule has 4 N–H and O–H groups in total. The van der Waals surface area contributed by atoms with Gasteiger partial charge in [-0.1, -0.05) is 195 Å². The van der Waals surface area contributed by atoms with E-state index in [-0.39, 0.29) is 48.5 Å². The third-order valence-electron chi connectivity index (χ3n) is 13.1. The molecule has 0 amide bonds. The van der Waals surface area contributed by atoms with Gasteiger partial charge in [-0.15, -0.1) is 4.91 Å². The molecule has 335 valence electrons. The summed E-state index contributed by atoms with van der Waals surface area (Å²) in [7, 11) is 0. The van der Waals surface area contributed by atoms with Crippen LogP contribution in [-0.2, 0) is 19.5 Å². The van der Waals surface area contributed by atoms with Gasteiger partial charge >= 0.3 is 0 Å². The maximum atomic E-state index is 12.5. The number of nitroso groups, excluding NO2 is 1. The summed E-state index contributed by atoms with van der Waals surface area (Å²) in [5.74, 6) is 0.424. The van der Waals surface area contributed by atoms with Gasteiger partial charge in [0.05, 0.1) is 12.1 Å². The fourth-order valence-corrected chi connectivity index (χ4v) is 10.0. The predicted molar refractivity (Wildman–Crippen MR) is 278 cm³/mol. The van der Waals surface area contributed by atoms with Crippen LogP contribution in [0.4, 0.5) is 0 Å². The number of rotatable bonds is 8. The van der Waals surface area contributed by atoms with Crippen molar-refractivity contribution in [2.45, 2.75) is 37.8 Å². The number of benzene rings is 10. The molecule has 68 heavy (non-hydrogen) atoms. The van der Waals surface area contributed by atoms with E-state index in [9.17, 15) is 10.2 Å². The molecule has 1 fully saturated rings. The molecule has 0 unspecified atom stereocenters. The van der Waals surface area contributed by atoms with E-state index >= 15 is 0 Å². The molecule has 7 nitrogen and oxygen atoms in total. The van der Waals surface area contributed by atoms with Crippen molar-refractivity contribution in [3.8, 4) is 56.0 Å². The van der Waals surface area contributed by atoms with Crippen molar-refractivity contribution in [1.82, 2.24) is 5.59 Å². The summed E-state index contributed by atoms with van der Waals surface area (Å²) in [4.78, 5) is 17.7. The van der Waals surface area contributed by atoms with E-state index in [1.807, 2.05) is 48.8 Å². The Morgan fingerprint density at radius 2 is 0.735 bits per heavy atom. The summed E-state index contributed by atoms with van der Waals surface area (Å²) in [5, 5.41) is 33.4. The molecular weight excluding hydrogens is 928 g/mol. The number of phenols is 2.